The largest absolute Gasteiger partial charge is 0.380 e. The van der Waals surface area contributed by atoms with E-state index in [0.717, 1.165) is 12.1 Å². The van der Waals surface area contributed by atoms with Crippen molar-refractivity contribution in [2.45, 2.75) is 0 Å². The Hall–Kier alpha value is -2.07. The van der Waals surface area contributed by atoms with Crippen molar-refractivity contribution >= 4 is 22.7 Å². The van der Waals surface area contributed by atoms with Gasteiger partial charge in [0.1, 0.15) is 5.75 Å². The van der Waals surface area contributed by atoms with Crippen LogP contribution in [0.25, 0.3) is 0 Å². The minimum Gasteiger partial charge on any atom is -0.380 e. The highest BCUT2D eigenvalue weighted by molar-refractivity contribution is 7.74. The number of hydrogen-bond acceptors (Lipinski definition) is 6. The summed E-state index contributed by atoms with van der Waals surface area (Å²) in [5.74, 6) is -0.307. The van der Waals surface area contributed by atoms with Crippen LogP contribution in [0.3, 0.4) is 0 Å². The van der Waals surface area contributed by atoms with E-state index < -0.39 is 32.6 Å². The Morgan fingerprint density at radius 2 is 1.75 bits per heavy atom. The Kier molecular flexibility index (Phi) is 3.48. The summed E-state index contributed by atoms with van der Waals surface area (Å²) in [7, 11) is 0. The molecule has 0 amide bonds. The van der Waals surface area contributed by atoms with E-state index in [0.29, 0.717) is 6.07 Å². The number of benzene rings is 1. The van der Waals surface area contributed by atoms with Crippen LogP contribution in [0.15, 0.2) is 18.2 Å². The smallest absolute Gasteiger partial charge is 0.357 e. The van der Waals surface area contributed by atoms with Gasteiger partial charge in [-0.1, -0.05) is 0 Å². The van der Waals surface area contributed by atoms with Crippen LogP contribution in [0, 0.1) is 20.2 Å². The van der Waals surface area contributed by atoms with Crippen molar-refractivity contribution < 1.29 is 22.8 Å². The van der Waals surface area contributed by atoms with Gasteiger partial charge in [-0.3, -0.25) is 24.8 Å². The van der Waals surface area contributed by atoms with E-state index in [2.05, 4.69) is 4.18 Å². The Morgan fingerprint density at radius 1 is 1.19 bits per heavy atom. The average Bonchev–Trinajstić information content (AvgIpc) is 2.16. The molecule has 1 rings (SSSR count). The van der Waals surface area contributed by atoms with Crippen LogP contribution in [-0.4, -0.2) is 18.6 Å². The molecule has 0 saturated heterocycles. The lowest BCUT2D eigenvalue weighted by Gasteiger charge is -1.99. The lowest BCUT2D eigenvalue weighted by atomic mass is 10.2. The molecule has 1 aromatic carbocycles. The van der Waals surface area contributed by atoms with Crippen molar-refractivity contribution in [2.24, 2.45) is 0 Å². The molecular weight excluding hydrogens is 244 g/mol. The molecule has 0 radical (unpaired) electrons. The summed E-state index contributed by atoms with van der Waals surface area (Å²) >= 11 is -2.65. The van der Waals surface area contributed by atoms with E-state index in [-0.39, 0.29) is 5.75 Å². The lowest BCUT2D eigenvalue weighted by molar-refractivity contribution is -0.422. The van der Waals surface area contributed by atoms with E-state index in [1.165, 1.54) is 0 Å². The molecule has 1 aromatic rings. The predicted octanol–water partition coefficient (Wildman–Crippen LogP) is 1.02. The highest BCUT2D eigenvalue weighted by Crippen LogP contribution is 2.30. The zero-order valence-corrected chi connectivity index (χ0v) is 8.25. The second kappa shape index (κ2) is 4.63. The van der Waals surface area contributed by atoms with Crippen molar-refractivity contribution in [3.63, 3.8) is 0 Å². The van der Waals surface area contributed by atoms with Gasteiger partial charge in [0.2, 0.25) is 0 Å². The first-order chi connectivity index (χ1) is 7.41. The predicted molar refractivity (Wildman–Crippen MR) is 51.1 cm³/mol. The standard InChI is InChI=1S/C6H4N2O7S/c9-7(10)5-2-1-4(15-16(13)14)3-6(5)8(11)12/h1-3H,(H,13,14). The highest BCUT2D eigenvalue weighted by atomic mass is 32.2. The first-order valence-electron chi connectivity index (χ1n) is 3.64. The molecule has 1 atom stereocenters. The summed E-state index contributed by atoms with van der Waals surface area (Å²) < 4.78 is 22.9. The Balaban J connectivity index is 3.22. The SMILES string of the molecule is O=[N+]([O-])c1ccc(OS(=O)O)cc1[N+](=O)[O-]. The molecule has 0 saturated carbocycles. The third-order valence-electron chi connectivity index (χ3n) is 1.51. The quantitative estimate of drug-likeness (QED) is 0.477. The fourth-order valence-electron chi connectivity index (χ4n) is 0.938. The minimum absolute atomic E-state index is 0.307. The monoisotopic (exact) mass is 248 g/mol. The molecule has 0 spiro atoms. The Labute approximate surface area is 90.4 Å². The average molecular weight is 248 g/mol. The van der Waals surface area contributed by atoms with Crippen LogP contribution in [0.4, 0.5) is 11.4 Å². The van der Waals surface area contributed by atoms with Crippen LogP contribution < -0.4 is 4.18 Å². The summed E-state index contributed by atoms with van der Waals surface area (Å²) in [5.41, 5.74) is -1.53. The van der Waals surface area contributed by atoms with Gasteiger partial charge in [-0.05, 0) is 6.07 Å². The third kappa shape index (κ3) is 2.71. The summed E-state index contributed by atoms with van der Waals surface area (Å²) in [5, 5.41) is 20.9. The van der Waals surface area contributed by atoms with Gasteiger partial charge in [-0.25, -0.2) is 0 Å². The number of rotatable bonds is 4. The normalized spacial score (nSPS) is 11.8. The molecule has 0 aromatic heterocycles. The molecule has 9 nitrogen and oxygen atoms in total. The van der Waals surface area contributed by atoms with Crippen molar-refractivity contribution in [2.75, 3.05) is 0 Å². The van der Waals surface area contributed by atoms with Gasteiger partial charge in [0.15, 0.2) is 0 Å². The molecule has 86 valence electrons. The van der Waals surface area contributed by atoms with Crippen LogP contribution in [0.1, 0.15) is 0 Å². The van der Waals surface area contributed by atoms with E-state index in [4.69, 9.17) is 4.55 Å². The van der Waals surface area contributed by atoms with Gasteiger partial charge >= 0.3 is 22.7 Å². The topological polar surface area (TPSA) is 133 Å². The molecule has 0 aliphatic carbocycles. The zero-order chi connectivity index (χ0) is 12.3. The number of hydrogen-bond donors (Lipinski definition) is 1. The van der Waals surface area contributed by atoms with Crippen LogP contribution in [-0.2, 0) is 11.4 Å². The van der Waals surface area contributed by atoms with Gasteiger partial charge in [0, 0.05) is 6.07 Å². The molecule has 0 heterocycles. The van der Waals surface area contributed by atoms with Crippen molar-refractivity contribution in [1.82, 2.24) is 0 Å². The summed E-state index contributed by atoms with van der Waals surface area (Å²) in [6, 6.07) is 2.51. The fraction of sp³-hybridized carbons (Fsp3) is 0. The molecule has 16 heavy (non-hydrogen) atoms. The molecular formula is C6H4N2O7S. The van der Waals surface area contributed by atoms with E-state index in [9.17, 15) is 24.4 Å². The second-order valence-electron chi connectivity index (χ2n) is 2.47. The summed E-state index contributed by atoms with van der Waals surface area (Å²) in [6.45, 7) is 0. The molecule has 1 unspecified atom stereocenters. The van der Waals surface area contributed by atoms with Crippen molar-refractivity contribution in [3.8, 4) is 5.75 Å². The second-order valence-corrected chi connectivity index (χ2v) is 3.07. The maximum absolute atomic E-state index is 10.5. The van der Waals surface area contributed by atoms with Gasteiger partial charge in [0.05, 0.1) is 15.9 Å². The molecule has 0 fully saturated rings. The number of nitro benzene ring substituents is 2. The number of nitrogens with zero attached hydrogens (tertiary/aromatic N) is 2. The van der Waals surface area contributed by atoms with E-state index in [1.807, 2.05) is 0 Å². The third-order valence-corrected chi connectivity index (χ3v) is 1.84. The molecule has 0 aliphatic rings. The summed E-state index contributed by atoms with van der Waals surface area (Å²) in [4.78, 5) is 19.0. The Morgan fingerprint density at radius 3 is 2.19 bits per heavy atom. The zero-order valence-electron chi connectivity index (χ0n) is 7.43. The Bertz CT molecular complexity index is 474. The summed E-state index contributed by atoms with van der Waals surface area (Å²) in [6.07, 6.45) is 0. The maximum Gasteiger partial charge on any atom is 0.357 e. The molecule has 0 bridgehead atoms. The molecule has 10 heteroatoms. The molecule has 1 N–H and O–H groups in total. The number of nitro groups is 2. The fourth-order valence-corrected chi connectivity index (χ4v) is 1.21. The van der Waals surface area contributed by atoms with Crippen LogP contribution in [0.5, 0.6) is 5.75 Å². The van der Waals surface area contributed by atoms with E-state index >= 15 is 0 Å². The van der Waals surface area contributed by atoms with Gasteiger partial charge in [-0.15, -0.1) is 0 Å². The van der Waals surface area contributed by atoms with Gasteiger partial charge in [-0.2, -0.15) is 4.21 Å². The van der Waals surface area contributed by atoms with Gasteiger partial charge < -0.3 is 4.18 Å². The van der Waals surface area contributed by atoms with Crippen LogP contribution in [0.2, 0.25) is 0 Å². The van der Waals surface area contributed by atoms with Crippen molar-refractivity contribution in [3.05, 3.63) is 38.4 Å². The first kappa shape index (κ1) is 12.0. The van der Waals surface area contributed by atoms with Crippen LogP contribution >= 0.6 is 0 Å². The first-order valence-corrected chi connectivity index (χ1v) is 4.67. The minimum atomic E-state index is -2.65. The van der Waals surface area contributed by atoms with Gasteiger partial charge in [0.25, 0.3) is 0 Å². The highest BCUT2D eigenvalue weighted by Gasteiger charge is 2.24. The van der Waals surface area contributed by atoms with Crippen molar-refractivity contribution in [1.29, 1.82) is 0 Å². The lowest BCUT2D eigenvalue weighted by Crippen LogP contribution is -2.00. The molecule has 0 aliphatic heterocycles. The maximum atomic E-state index is 10.5. The van der Waals surface area contributed by atoms with E-state index in [1.54, 1.807) is 0 Å².